The van der Waals surface area contributed by atoms with E-state index in [4.69, 9.17) is 4.84 Å². The molecule has 1 atom stereocenters. The molecule has 0 bridgehead atoms. The van der Waals surface area contributed by atoms with Crippen LogP contribution in [0.2, 0.25) is 0 Å². The summed E-state index contributed by atoms with van der Waals surface area (Å²) in [6.07, 6.45) is 5.40. The molecule has 0 aliphatic carbocycles. The first-order valence-corrected chi connectivity index (χ1v) is 9.83. The molecule has 2 amide bonds. The molecule has 7 heteroatoms. The van der Waals surface area contributed by atoms with Crippen molar-refractivity contribution in [1.29, 1.82) is 0 Å². The van der Waals surface area contributed by atoms with E-state index in [0.29, 0.717) is 37.3 Å². The third kappa shape index (κ3) is 4.29. The average Bonchev–Trinajstić information content (AvgIpc) is 3.16. The van der Waals surface area contributed by atoms with Crippen molar-refractivity contribution in [2.75, 3.05) is 13.1 Å². The molecule has 4 rings (SSSR count). The predicted octanol–water partition coefficient (Wildman–Crippen LogP) is 2.46. The standard InChI is InChI=1S/C22H24N4O3/c1-16-5-7-18(8-6-16)21(28)26-11-3-9-22(15-26)12-19(25-29-22)20(27)24-14-17-4-2-10-23-13-17/h2,4-8,10,13H,3,9,11-12,14-15H2,1H3,(H,24,27)/t22-/m0/s1. The molecule has 150 valence electrons. The van der Waals surface area contributed by atoms with Crippen molar-refractivity contribution in [3.8, 4) is 0 Å². The number of pyridine rings is 1. The van der Waals surface area contributed by atoms with Gasteiger partial charge in [-0.2, -0.15) is 0 Å². The number of carbonyl (C=O) groups excluding carboxylic acids is 2. The second-order valence-corrected chi connectivity index (χ2v) is 7.73. The van der Waals surface area contributed by atoms with Crippen LogP contribution in [0.1, 0.15) is 40.7 Å². The highest BCUT2D eigenvalue weighted by Crippen LogP contribution is 2.34. The molecule has 29 heavy (non-hydrogen) atoms. The van der Waals surface area contributed by atoms with E-state index in [1.165, 1.54) is 0 Å². The van der Waals surface area contributed by atoms with Crippen molar-refractivity contribution >= 4 is 17.5 Å². The van der Waals surface area contributed by atoms with Crippen molar-refractivity contribution in [2.24, 2.45) is 5.16 Å². The first-order chi connectivity index (χ1) is 14.0. The third-order valence-corrected chi connectivity index (χ3v) is 5.40. The molecule has 1 aromatic carbocycles. The quantitative estimate of drug-likeness (QED) is 0.866. The van der Waals surface area contributed by atoms with Gasteiger partial charge in [-0.3, -0.25) is 14.6 Å². The van der Waals surface area contributed by atoms with Crippen molar-refractivity contribution in [1.82, 2.24) is 15.2 Å². The van der Waals surface area contributed by atoms with Crippen LogP contribution in [0.3, 0.4) is 0 Å². The van der Waals surface area contributed by atoms with Gasteiger partial charge in [-0.15, -0.1) is 0 Å². The van der Waals surface area contributed by atoms with Crippen molar-refractivity contribution in [3.63, 3.8) is 0 Å². The summed E-state index contributed by atoms with van der Waals surface area (Å²) in [6, 6.07) is 11.3. The minimum atomic E-state index is -0.612. The number of piperidine rings is 1. The molecule has 1 saturated heterocycles. The van der Waals surface area contributed by atoms with E-state index in [1.54, 1.807) is 17.3 Å². The molecule has 0 saturated carbocycles. The molecule has 1 aromatic heterocycles. The van der Waals surface area contributed by atoms with E-state index >= 15 is 0 Å². The number of nitrogens with one attached hydrogen (secondary N) is 1. The number of benzene rings is 1. The van der Waals surface area contributed by atoms with Gasteiger partial charge in [-0.05, 0) is 43.5 Å². The van der Waals surface area contributed by atoms with Crippen LogP contribution >= 0.6 is 0 Å². The lowest BCUT2D eigenvalue weighted by atomic mass is 9.87. The van der Waals surface area contributed by atoms with Crippen molar-refractivity contribution in [2.45, 2.75) is 38.3 Å². The lowest BCUT2D eigenvalue weighted by molar-refractivity contribution is -0.115. The van der Waals surface area contributed by atoms with E-state index < -0.39 is 5.60 Å². The zero-order valence-electron chi connectivity index (χ0n) is 16.4. The molecule has 0 unspecified atom stereocenters. The molecule has 3 heterocycles. The normalized spacial score (nSPS) is 20.9. The Kier molecular flexibility index (Phi) is 5.29. The van der Waals surface area contributed by atoms with Gasteiger partial charge in [0.25, 0.3) is 11.8 Å². The van der Waals surface area contributed by atoms with Gasteiger partial charge in [-0.1, -0.05) is 28.9 Å². The molecular weight excluding hydrogens is 368 g/mol. The molecule has 2 aliphatic heterocycles. The zero-order valence-corrected chi connectivity index (χ0v) is 16.4. The summed E-state index contributed by atoms with van der Waals surface area (Å²) in [6.45, 7) is 3.49. The fourth-order valence-electron chi connectivity index (χ4n) is 3.80. The van der Waals surface area contributed by atoms with E-state index in [1.807, 2.05) is 43.3 Å². The fraction of sp³-hybridized carbons (Fsp3) is 0.364. The maximum atomic E-state index is 12.9. The number of oxime groups is 1. The van der Waals surface area contributed by atoms with Gasteiger partial charge in [0, 0.05) is 37.5 Å². The van der Waals surface area contributed by atoms with E-state index in [2.05, 4.69) is 15.5 Å². The summed E-state index contributed by atoms with van der Waals surface area (Å²) in [4.78, 5) is 36.9. The Morgan fingerprint density at radius 2 is 2.07 bits per heavy atom. The largest absolute Gasteiger partial charge is 0.386 e. The molecular formula is C22H24N4O3. The number of nitrogens with zero attached hydrogens (tertiary/aromatic N) is 3. The summed E-state index contributed by atoms with van der Waals surface area (Å²) >= 11 is 0. The van der Waals surface area contributed by atoms with Gasteiger partial charge in [0.1, 0.15) is 5.71 Å². The smallest absolute Gasteiger partial charge is 0.269 e. The second-order valence-electron chi connectivity index (χ2n) is 7.73. The van der Waals surface area contributed by atoms with Gasteiger partial charge < -0.3 is 15.1 Å². The Hall–Kier alpha value is -3.22. The average molecular weight is 392 g/mol. The highest BCUT2D eigenvalue weighted by Gasteiger charge is 2.45. The molecule has 7 nitrogen and oxygen atoms in total. The number of aromatic nitrogens is 1. The first kappa shape index (κ1) is 19.1. The Labute approximate surface area is 169 Å². The second kappa shape index (κ2) is 8.03. The highest BCUT2D eigenvalue weighted by molar-refractivity contribution is 6.39. The van der Waals surface area contributed by atoms with Crippen LogP contribution in [0, 0.1) is 6.92 Å². The van der Waals surface area contributed by atoms with Gasteiger partial charge in [0.2, 0.25) is 0 Å². The maximum Gasteiger partial charge on any atom is 0.269 e. The number of hydrogen-bond donors (Lipinski definition) is 1. The van der Waals surface area contributed by atoms with Crippen LogP contribution in [0.15, 0.2) is 53.9 Å². The van der Waals surface area contributed by atoms with Crippen molar-refractivity contribution < 1.29 is 14.4 Å². The number of aryl methyl sites for hydroxylation is 1. The summed E-state index contributed by atoms with van der Waals surface area (Å²) in [5, 5.41) is 6.91. The minimum absolute atomic E-state index is 0.0119. The van der Waals surface area contributed by atoms with E-state index in [9.17, 15) is 9.59 Å². The summed E-state index contributed by atoms with van der Waals surface area (Å²) in [5.74, 6) is -0.255. The van der Waals surface area contributed by atoms with Crippen LogP contribution in [0.5, 0.6) is 0 Å². The van der Waals surface area contributed by atoms with Gasteiger partial charge in [-0.25, -0.2) is 0 Å². The molecule has 1 N–H and O–H groups in total. The molecule has 2 aliphatic rings. The van der Waals surface area contributed by atoms with Gasteiger partial charge >= 0.3 is 0 Å². The zero-order chi connectivity index (χ0) is 20.3. The lowest BCUT2D eigenvalue weighted by Crippen LogP contribution is -2.51. The number of amides is 2. The van der Waals surface area contributed by atoms with Gasteiger partial charge in [0.05, 0.1) is 6.54 Å². The van der Waals surface area contributed by atoms with Crippen LogP contribution in [-0.4, -0.2) is 46.1 Å². The first-order valence-electron chi connectivity index (χ1n) is 9.83. The summed E-state index contributed by atoms with van der Waals surface area (Å²) in [5.41, 5.74) is 2.47. The SMILES string of the molecule is Cc1ccc(C(=O)N2CCC[C@]3(CC(C(=O)NCc4cccnc4)=NO3)C2)cc1. The monoisotopic (exact) mass is 392 g/mol. The number of likely N-dealkylation sites (tertiary alicyclic amines) is 1. The van der Waals surface area contributed by atoms with E-state index in [0.717, 1.165) is 24.0 Å². The van der Waals surface area contributed by atoms with E-state index in [-0.39, 0.29) is 11.8 Å². The van der Waals surface area contributed by atoms with Crippen LogP contribution in [0.25, 0.3) is 0 Å². The Bertz CT molecular complexity index is 927. The number of rotatable bonds is 4. The maximum absolute atomic E-state index is 12.9. The third-order valence-electron chi connectivity index (χ3n) is 5.40. The van der Waals surface area contributed by atoms with Gasteiger partial charge in [0.15, 0.2) is 5.60 Å². The minimum Gasteiger partial charge on any atom is -0.386 e. The number of carbonyl (C=O) groups is 2. The van der Waals surface area contributed by atoms with Crippen LogP contribution in [0.4, 0.5) is 0 Å². The Morgan fingerprint density at radius 3 is 2.83 bits per heavy atom. The predicted molar refractivity (Wildman–Crippen MR) is 108 cm³/mol. The van der Waals surface area contributed by atoms with Crippen LogP contribution < -0.4 is 5.32 Å². The van der Waals surface area contributed by atoms with Crippen molar-refractivity contribution in [3.05, 3.63) is 65.5 Å². The molecule has 1 fully saturated rings. The number of hydrogen-bond acceptors (Lipinski definition) is 5. The topological polar surface area (TPSA) is 83.9 Å². The highest BCUT2D eigenvalue weighted by atomic mass is 16.7. The molecule has 1 spiro atoms. The fourth-order valence-corrected chi connectivity index (χ4v) is 3.80. The Balaban J connectivity index is 1.36. The summed E-state index contributed by atoms with van der Waals surface area (Å²) in [7, 11) is 0. The molecule has 2 aromatic rings. The Morgan fingerprint density at radius 1 is 1.24 bits per heavy atom. The lowest BCUT2D eigenvalue weighted by Gasteiger charge is -2.38. The summed E-state index contributed by atoms with van der Waals surface area (Å²) < 4.78 is 0. The van der Waals surface area contributed by atoms with Crippen LogP contribution in [-0.2, 0) is 16.2 Å². The molecule has 0 radical (unpaired) electrons.